The van der Waals surface area contributed by atoms with Crippen LogP contribution in [0.3, 0.4) is 0 Å². The van der Waals surface area contributed by atoms with Crippen LogP contribution in [0.5, 0.6) is 5.75 Å². The first kappa shape index (κ1) is 22.1. The predicted octanol–water partition coefficient (Wildman–Crippen LogP) is 4.99. The summed E-state index contributed by atoms with van der Waals surface area (Å²) in [5, 5.41) is 8.52. The number of aromatic nitrogens is 2. The van der Waals surface area contributed by atoms with E-state index in [2.05, 4.69) is 15.5 Å². The van der Waals surface area contributed by atoms with Crippen LogP contribution in [-0.2, 0) is 17.6 Å². The number of nitrogens with one attached hydrogen (secondary N) is 2. The Morgan fingerprint density at radius 2 is 1.94 bits per heavy atom. The minimum absolute atomic E-state index is 0.456. The molecule has 1 aromatic carbocycles. The van der Waals surface area contributed by atoms with E-state index in [0.29, 0.717) is 18.0 Å². The Bertz CT molecular complexity index is 1150. The monoisotopic (exact) mass is 479 g/mol. The van der Waals surface area contributed by atoms with Gasteiger partial charge in [0, 0.05) is 41.8 Å². The number of aryl methyl sites for hydroxylation is 2. The van der Waals surface area contributed by atoms with Crippen molar-refractivity contribution in [3.63, 3.8) is 0 Å². The standard InChI is InChI=1S/C26H33N5O2S/c1-32-20-5-2-4-18(16-20)28-26-29-24(23-21-6-3-7-22(21)34-25(23)30-26)27-17-8-10-19(11-9-17)31-12-14-33-15-13-31/h2,4-5,16-17,19H,3,6-15H2,1H3,(H2,27,28,29,30)/t17-,19-. The molecule has 2 fully saturated rings. The molecule has 0 amide bonds. The average molecular weight is 480 g/mol. The molecule has 1 saturated carbocycles. The molecule has 180 valence electrons. The van der Waals surface area contributed by atoms with Gasteiger partial charge in [0.1, 0.15) is 16.4 Å². The van der Waals surface area contributed by atoms with Gasteiger partial charge in [-0.15, -0.1) is 11.3 Å². The number of anilines is 3. The van der Waals surface area contributed by atoms with Crippen molar-refractivity contribution in [2.75, 3.05) is 44.0 Å². The zero-order valence-electron chi connectivity index (χ0n) is 19.8. The molecular weight excluding hydrogens is 446 g/mol. The number of hydrogen-bond donors (Lipinski definition) is 2. The van der Waals surface area contributed by atoms with Gasteiger partial charge in [-0.1, -0.05) is 6.07 Å². The second-order valence-electron chi connectivity index (χ2n) is 9.59. The third-order valence-corrected chi connectivity index (χ3v) is 8.68. The number of rotatable bonds is 6. The summed E-state index contributed by atoms with van der Waals surface area (Å²) in [5.41, 5.74) is 2.40. The number of benzene rings is 1. The van der Waals surface area contributed by atoms with E-state index in [1.807, 2.05) is 35.6 Å². The Balaban J connectivity index is 1.24. The topological polar surface area (TPSA) is 71.5 Å². The Morgan fingerprint density at radius 1 is 1.09 bits per heavy atom. The highest BCUT2D eigenvalue weighted by atomic mass is 32.1. The van der Waals surface area contributed by atoms with Gasteiger partial charge in [-0.05, 0) is 62.6 Å². The van der Waals surface area contributed by atoms with Gasteiger partial charge in [0.05, 0.1) is 25.7 Å². The van der Waals surface area contributed by atoms with Crippen molar-refractivity contribution in [2.24, 2.45) is 0 Å². The third-order valence-electron chi connectivity index (χ3n) is 7.49. The fourth-order valence-electron chi connectivity index (χ4n) is 5.71. The number of fused-ring (bicyclic) bond motifs is 3. The smallest absolute Gasteiger partial charge is 0.230 e. The number of morpholine rings is 1. The van der Waals surface area contributed by atoms with Crippen LogP contribution in [0.25, 0.3) is 10.2 Å². The summed E-state index contributed by atoms with van der Waals surface area (Å²) in [6.07, 6.45) is 8.38. The minimum atomic E-state index is 0.456. The van der Waals surface area contributed by atoms with Crippen LogP contribution < -0.4 is 15.4 Å². The summed E-state index contributed by atoms with van der Waals surface area (Å²) in [6.45, 7) is 3.91. The molecule has 3 heterocycles. The van der Waals surface area contributed by atoms with Crippen molar-refractivity contribution in [2.45, 2.75) is 57.0 Å². The van der Waals surface area contributed by atoms with Gasteiger partial charge < -0.3 is 20.1 Å². The van der Waals surface area contributed by atoms with Crippen molar-refractivity contribution < 1.29 is 9.47 Å². The Hall–Kier alpha value is -2.42. The normalized spacial score (nSPS) is 23.1. The van der Waals surface area contributed by atoms with E-state index < -0.39 is 0 Å². The van der Waals surface area contributed by atoms with Crippen molar-refractivity contribution in [3.05, 3.63) is 34.7 Å². The van der Waals surface area contributed by atoms with Crippen molar-refractivity contribution in [1.82, 2.24) is 14.9 Å². The molecule has 0 spiro atoms. The first-order valence-corrected chi connectivity index (χ1v) is 13.4. The van der Waals surface area contributed by atoms with Crippen LogP contribution in [0.4, 0.5) is 17.5 Å². The Morgan fingerprint density at radius 3 is 2.76 bits per heavy atom. The van der Waals surface area contributed by atoms with Gasteiger partial charge >= 0.3 is 0 Å². The highest BCUT2D eigenvalue weighted by Gasteiger charge is 2.29. The summed E-state index contributed by atoms with van der Waals surface area (Å²) in [6, 6.07) is 9.07. The Labute approximate surface area is 204 Å². The molecule has 1 aliphatic heterocycles. The molecule has 3 aliphatic rings. The van der Waals surface area contributed by atoms with Crippen LogP contribution >= 0.6 is 11.3 Å². The number of thiophene rings is 1. The van der Waals surface area contributed by atoms with Gasteiger partial charge in [0.2, 0.25) is 5.95 Å². The SMILES string of the molecule is COc1cccc(Nc2nc(N[C@H]3CC[C@H](N4CCOCC4)CC3)c3c4c(sc3n2)CCC4)c1. The third kappa shape index (κ3) is 4.46. The van der Waals surface area contributed by atoms with E-state index in [9.17, 15) is 0 Å². The highest BCUT2D eigenvalue weighted by Crippen LogP contribution is 2.41. The van der Waals surface area contributed by atoms with E-state index in [1.54, 1.807) is 7.11 Å². The molecule has 1 saturated heterocycles. The number of ether oxygens (including phenoxy) is 2. The zero-order valence-corrected chi connectivity index (χ0v) is 20.6. The molecule has 7 nitrogen and oxygen atoms in total. The van der Waals surface area contributed by atoms with Gasteiger partial charge in [0.15, 0.2) is 0 Å². The van der Waals surface area contributed by atoms with Gasteiger partial charge in [-0.3, -0.25) is 4.90 Å². The maximum Gasteiger partial charge on any atom is 0.230 e. The lowest BCUT2D eigenvalue weighted by Crippen LogP contribution is -2.46. The summed E-state index contributed by atoms with van der Waals surface area (Å²) in [7, 11) is 1.69. The lowest BCUT2D eigenvalue weighted by atomic mass is 9.90. The summed E-state index contributed by atoms with van der Waals surface area (Å²) in [4.78, 5) is 15.1. The molecule has 0 unspecified atom stereocenters. The molecule has 34 heavy (non-hydrogen) atoms. The van der Waals surface area contributed by atoms with Crippen molar-refractivity contribution in [3.8, 4) is 5.75 Å². The number of hydrogen-bond acceptors (Lipinski definition) is 8. The summed E-state index contributed by atoms with van der Waals surface area (Å²) < 4.78 is 10.9. The van der Waals surface area contributed by atoms with Gasteiger partial charge in [-0.25, -0.2) is 4.98 Å². The van der Waals surface area contributed by atoms with E-state index >= 15 is 0 Å². The quantitative estimate of drug-likeness (QED) is 0.516. The minimum Gasteiger partial charge on any atom is -0.497 e. The number of nitrogens with zero attached hydrogens (tertiary/aromatic N) is 3. The fraction of sp³-hybridized carbons (Fsp3) is 0.538. The van der Waals surface area contributed by atoms with Gasteiger partial charge in [-0.2, -0.15) is 4.98 Å². The van der Waals surface area contributed by atoms with Crippen molar-refractivity contribution >= 4 is 39.0 Å². The van der Waals surface area contributed by atoms with E-state index in [1.165, 1.54) is 54.4 Å². The van der Waals surface area contributed by atoms with Crippen LogP contribution in [-0.4, -0.2) is 60.4 Å². The predicted molar refractivity (Wildman–Crippen MR) is 138 cm³/mol. The van der Waals surface area contributed by atoms with Crippen LogP contribution in [0.1, 0.15) is 42.5 Å². The van der Waals surface area contributed by atoms with Gasteiger partial charge in [0.25, 0.3) is 0 Å². The molecule has 2 aliphatic carbocycles. The van der Waals surface area contributed by atoms with Crippen LogP contribution in [0.2, 0.25) is 0 Å². The maximum absolute atomic E-state index is 5.55. The van der Waals surface area contributed by atoms with E-state index in [-0.39, 0.29) is 0 Å². The molecule has 6 rings (SSSR count). The average Bonchev–Trinajstić information content (AvgIpc) is 3.46. The molecule has 0 bridgehead atoms. The molecule has 0 atom stereocenters. The van der Waals surface area contributed by atoms with Crippen LogP contribution in [0, 0.1) is 0 Å². The Kier molecular flexibility index (Phi) is 6.28. The first-order chi connectivity index (χ1) is 16.8. The molecule has 0 radical (unpaired) electrons. The number of methoxy groups -OCH3 is 1. The molecule has 2 aromatic heterocycles. The lowest BCUT2D eigenvalue weighted by Gasteiger charge is -2.39. The largest absolute Gasteiger partial charge is 0.497 e. The fourth-order valence-corrected chi connectivity index (χ4v) is 6.97. The van der Waals surface area contributed by atoms with E-state index in [4.69, 9.17) is 19.4 Å². The second-order valence-corrected chi connectivity index (χ2v) is 10.7. The second kappa shape index (κ2) is 9.68. The zero-order chi connectivity index (χ0) is 22.9. The highest BCUT2D eigenvalue weighted by molar-refractivity contribution is 7.19. The lowest BCUT2D eigenvalue weighted by molar-refractivity contribution is 0.00791. The summed E-state index contributed by atoms with van der Waals surface area (Å²) >= 11 is 1.84. The first-order valence-electron chi connectivity index (χ1n) is 12.6. The molecular formula is C26H33N5O2S. The van der Waals surface area contributed by atoms with Crippen LogP contribution in [0.15, 0.2) is 24.3 Å². The molecule has 3 aromatic rings. The van der Waals surface area contributed by atoms with E-state index in [0.717, 1.165) is 54.8 Å². The van der Waals surface area contributed by atoms with Crippen molar-refractivity contribution in [1.29, 1.82) is 0 Å². The summed E-state index contributed by atoms with van der Waals surface area (Å²) in [5.74, 6) is 2.46. The molecule has 8 heteroatoms. The maximum atomic E-state index is 5.55. The molecule has 2 N–H and O–H groups in total.